The monoisotopic (exact) mass is 369 g/mol. The molecular formula is C13H9BrClN3O3. The number of rotatable bonds is 4. The second-order valence-electron chi connectivity index (χ2n) is 4.10. The molecule has 0 aliphatic heterocycles. The third-order valence-corrected chi connectivity index (χ3v) is 3.36. The zero-order valence-corrected chi connectivity index (χ0v) is 12.9. The van der Waals surface area contributed by atoms with Crippen molar-refractivity contribution >= 4 is 39.1 Å². The van der Waals surface area contributed by atoms with Crippen molar-refractivity contribution < 1.29 is 9.72 Å². The van der Waals surface area contributed by atoms with Crippen LogP contribution < -0.4 is 5.32 Å². The van der Waals surface area contributed by atoms with Gasteiger partial charge in [0.2, 0.25) is 0 Å². The molecule has 1 heterocycles. The van der Waals surface area contributed by atoms with Crippen LogP contribution in [0.2, 0.25) is 5.15 Å². The first-order valence-electron chi connectivity index (χ1n) is 5.80. The number of pyridine rings is 1. The molecule has 1 N–H and O–H groups in total. The number of carbonyl (C=O) groups is 1. The lowest BCUT2D eigenvalue weighted by molar-refractivity contribution is -0.384. The maximum Gasteiger partial charge on any atom is 0.269 e. The van der Waals surface area contributed by atoms with Crippen LogP contribution in [-0.2, 0) is 6.54 Å². The molecule has 0 fully saturated rings. The standard InChI is InChI=1S/C13H9BrClN3O3/c14-9-5-11(12(15)16-7-9)13(19)17-6-8-2-1-3-10(4-8)18(20)21/h1-5,7H,6H2,(H,17,19). The number of hydrogen-bond donors (Lipinski definition) is 1. The van der Waals surface area contributed by atoms with Gasteiger partial charge in [-0.2, -0.15) is 0 Å². The number of carbonyl (C=O) groups excluding carboxylic acids is 1. The number of benzene rings is 1. The summed E-state index contributed by atoms with van der Waals surface area (Å²) in [7, 11) is 0. The molecule has 0 atom stereocenters. The van der Waals surface area contributed by atoms with Crippen LogP contribution in [-0.4, -0.2) is 15.8 Å². The summed E-state index contributed by atoms with van der Waals surface area (Å²) in [5.74, 6) is -0.402. The fourth-order valence-electron chi connectivity index (χ4n) is 1.64. The number of amides is 1. The normalized spacial score (nSPS) is 10.2. The quantitative estimate of drug-likeness (QED) is 0.508. The third kappa shape index (κ3) is 3.99. The third-order valence-electron chi connectivity index (χ3n) is 2.62. The fourth-order valence-corrected chi connectivity index (χ4v) is 2.16. The van der Waals surface area contributed by atoms with Gasteiger partial charge in [-0.3, -0.25) is 14.9 Å². The molecule has 0 unspecified atom stereocenters. The molecule has 8 heteroatoms. The van der Waals surface area contributed by atoms with E-state index in [1.807, 2.05) is 0 Å². The van der Waals surface area contributed by atoms with Crippen LogP contribution in [0.1, 0.15) is 15.9 Å². The van der Waals surface area contributed by atoms with Crippen LogP contribution in [0.15, 0.2) is 41.0 Å². The van der Waals surface area contributed by atoms with Gasteiger partial charge in [0.25, 0.3) is 11.6 Å². The number of halogens is 2. The minimum Gasteiger partial charge on any atom is -0.348 e. The summed E-state index contributed by atoms with van der Waals surface area (Å²) in [6, 6.07) is 7.60. The van der Waals surface area contributed by atoms with Crippen LogP contribution in [0.3, 0.4) is 0 Å². The molecule has 0 radical (unpaired) electrons. The number of nitrogens with zero attached hydrogens (tertiary/aromatic N) is 2. The van der Waals surface area contributed by atoms with Crippen molar-refractivity contribution in [3.05, 3.63) is 67.4 Å². The molecule has 0 bridgehead atoms. The van der Waals surface area contributed by atoms with E-state index in [0.717, 1.165) is 0 Å². The van der Waals surface area contributed by atoms with Crippen LogP contribution >= 0.6 is 27.5 Å². The van der Waals surface area contributed by atoms with Crippen LogP contribution in [0, 0.1) is 10.1 Å². The second-order valence-corrected chi connectivity index (χ2v) is 5.38. The molecule has 1 aromatic heterocycles. The first kappa shape index (κ1) is 15.4. The lowest BCUT2D eigenvalue weighted by Gasteiger charge is -2.07. The van der Waals surface area contributed by atoms with E-state index < -0.39 is 10.8 Å². The maximum atomic E-state index is 12.0. The topological polar surface area (TPSA) is 85.1 Å². The summed E-state index contributed by atoms with van der Waals surface area (Å²) in [5, 5.41) is 13.4. The highest BCUT2D eigenvalue weighted by atomic mass is 79.9. The Bertz CT molecular complexity index is 709. The SMILES string of the molecule is O=C(NCc1cccc([N+](=O)[O-])c1)c1cc(Br)cnc1Cl. The number of nitro benzene ring substituents is 1. The summed E-state index contributed by atoms with van der Waals surface area (Å²) >= 11 is 9.07. The average molecular weight is 371 g/mol. The van der Waals surface area contributed by atoms with E-state index in [4.69, 9.17) is 11.6 Å². The van der Waals surface area contributed by atoms with Crippen molar-refractivity contribution in [2.45, 2.75) is 6.54 Å². The Morgan fingerprint density at radius 1 is 1.43 bits per heavy atom. The molecule has 2 rings (SSSR count). The van der Waals surface area contributed by atoms with Crippen LogP contribution in [0.5, 0.6) is 0 Å². The van der Waals surface area contributed by atoms with Gasteiger partial charge in [-0.15, -0.1) is 0 Å². The molecule has 0 aliphatic rings. The molecule has 0 spiro atoms. The zero-order chi connectivity index (χ0) is 15.4. The van der Waals surface area contributed by atoms with Crippen molar-refractivity contribution in [3.8, 4) is 0 Å². The fraction of sp³-hybridized carbons (Fsp3) is 0.0769. The van der Waals surface area contributed by atoms with E-state index in [0.29, 0.717) is 10.0 Å². The summed E-state index contributed by atoms with van der Waals surface area (Å²) in [4.78, 5) is 26.1. The molecule has 21 heavy (non-hydrogen) atoms. The highest BCUT2D eigenvalue weighted by Gasteiger charge is 2.12. The van der Waals surface area contributed by atoms with E-state index in [9.17, 15) is 14.9 Å². The highest BCUT2D eigenvalue weighted by molar-refractivity contribution is 9.10. The minimum absolute atomic E-state index is 0.0242. The summed E-state index contributed by atoms with van der Waals surface area (Å²) in [6.07, 6.45) is 1.49. The summed E-state index contributed by atoms with van der Waals surface area (Å²) in [5.41, 5.74) is 0.831. The zero-order valence-electron chi connectivity index (χ0n) is 10.5. The Kier molecular flexibility index (Phi) is 4.87. The largest absolute Gasteiger partial charge is 0.348 e. The highest BCUT2D eigenvalue weighted by Crippen LogP contribution is 2.18. The molecule has 1 aromatic carbocycles. The van der Waals surface area contributed by atoms with Gasteiger partial charge in [-0.05, 0) is 27.6 Å². The minimum atomic E-state index is -0.486. The molecule has 0 aliphatic carbocycles. The Morgan fingerprint density at radius 3 is 2.90 bits per heavy atom. The lowest BCUT2D eigenvalue weighted by atomic mass is 10.2. The number of aromatic nitrogens is 1. The van der Waals surface area contributed by atoms with Crippen LogP contribution in [0.4, 0.5) is 5.69 Å². The van der Waals surface area contributed by atoms with Crippen molar-refractivity contribution in [1.29, 1.82) is 0 Å². The predicted molar refractivity (Wildman–Crippen MR) is 81.2 cm³/mol. The van der Waals surface area contributed by atoms with E-state index in [2.05, 4.69) is 26.2 Å². The second kappa shape index (κ2) is 6.64. The predicted octanol–water partition coefficient (Wildman–Crippen LogP) is 3.34. The molecule has 0 saturated heterocycles. The van der Waals surface area contributed by atoms with Gasteiger partial charge >= 0.3 is 0 Å². The first-order chi connectivity index (χ1) is 9.97. The molecule has 6 nitrogen and oxygen atoms in total. The van der Waals surface area contributed by atoms with Crippen molar-refractivity contribution in [1.82, 2.24) is 10.3 Å². The average Bonchev–Trinajstić information content (AvgIpc) is 2.47. The molecule has 108 valence electrons. The van der Waals surface area contributed by atoms with Gasteiger partial charge in [0.05, 0.1) is 10.5 Å². The smallest absolute Gasteiger partial charge is 0.269 e. The Balaban J connectivity index is 2.09. The molecule has 0 saturated carbocycles. The Labute approximate surface area is 133 Å². The van der Waals surface area contributed by atoms with Gasteiger partial charge in [-0.25, -0.2) is 4.98 Å². The summed E-state index contributed by atoms with van der Waals surface area (Å²) in [6.45, 7) is 0.156. The number of nitrogens with one attached hydrogen (secondary N) is 1. The van der Waals surface area contributed by atoms with E-state index in [1.54, 1.807) is 18.2 Å². The van der Waals surface area contributed by atoms with Gasteiger partial charge in [-0.1, -0.05) is 23.7 Å². The molecular weight excluding hydrogens is 362 g/mol. The van der Waals surface area contributed by atoms with Crippen LogP contribution in [0.25, 0.3) is 0 Å². The maximum absolute atomic E-state index is 12.0. The lowest BCUT2D eigenvalue weighted by Crippen LogP contribution is -2.23. The van der Waals surface area contributed by atoms with Gasteiger partial charge in [0.15, 0.2) is 0 Å². The molecule has 1 amide bonds. The number of non-ortho nitro benzene ring substituents is 1. The van der Waals surface area contributed by atoms with Gasteiger partial charge < -0.3 is 5.32 Å². The van der Waals surface area contributed by atoms with E-state index in [-0.39, 0.29) is 22.9 Å². The van der Waals surface area contributed by atoms with Gasteiger partial charge in [0.1, 0.15) is 5.15 Å². The van der Waals surface area contributed by atoms with Crippen molar-refractivity contribution in [3.63, 3.8) is 0 Å². The van der Waals surface area contributed by atoms with Crippen molar-refractivity contribution in [2.75, 3.05) is 0 Å². The molecule has 2 aromatic rings. The van der Waals surface area contributed by atoms with E-state index in [1.165, 1.54) is 18.3 Å². The Morgan fingerprint density at radius 2 is 2.19 bits per heavy atom. The summed E-state index contributed by atoms with van der Waals surface area (Å²) < 4.78 is 0.632. The number of nitro groups is 1. The Hall–Kier alpha value is -1.99. The van der Waals surface area contributed by atoms with E-state index >= 15 is 0 Å². The van der Waals surface area contributed by atoms with Crippen molar-refractivity contribution in [2.24, 2.45) is 0 Å². The number of hydrogen-bond acceptors (Lipinski definition) is 4. The van der Waals surface area contributed by atoms with Gasteiger partial charge in [0, 0.05) is 29.3 Å². The first-order valence-corrected chi connectivity index (χ1v) is 6.97.